The molecule has 0 aliphatic carbocycles. The molecule has 1 heterocycles. The summed E-state index contributed by atoms with van der Waals surface area (Å²) in [6, 6.07) is 4.99. The Morgan fingerprint density at radius 3 is 2.44 bits per heavy atom. The van der Waals surface area contributed by atoms with E-state index in [0.29, 0.717) is 10.5 Å². The molecule has 0 unspecified atom stereocenters. The molecule has 1 aromatic rings. The zero-order valence-electron chi connectivity index (χ0n) is 9.14. The topological polar surface area (TPSA) is 66.5 Å². The van der Waals surface area contributed by atoms with Gasteiger partial charge in [0.2, 0.25) is 11.8 Å². The summed E-state index contributed by atoms with van der Waals surface area (Å²) in [6.45, 7) is -0.234. The number of imide groups is 1. The van der Waals surface area contributed by atoms with Crippen LogP contribution >= 0.6 is 28.6 Å². The summed E-state index contributed by atoms with van der Waals surface area (Å²) in [7, 11) is 0. The first-order valence-corrected chi connectivity index (χ1v) is 6.32. The van der Waals surface area contributed by atoms with E-state index < -0.39 is 11.8 Å². The van der Waals surface area contributed by atoms with Crippen molar-refractivity contribution in [2.24, 2.45) is 0 Å². The van der Waals surface area contributed by atoms with E-state index in [-0.39, 0.29) is 19.0 Å². The number of nitrogens with one attached hydrogen (secondary N) is 1. The highest BCUT2D eigenvalue weighted by atomic mass is 79.9. The quantitative estimate of drug-likeness (QED) is 0.593. The molecule has 0 radical (unpaired) electrons. The van der Waals surface area contributed by atoms with Crippen LogP contribution in [0.15, 0.2) is 27.6 Å². The first kappa shape index (κ1) is 13.1. The fraction of sp³-hybridized carbons (Fsp3) is 0.182. The molecule has 1 saturated heterocycles. The highest BCUT2D eigenvalue weighted by Gasteiger charge is 2.27. The highest BCUT2D eigenvalue weighted by molar-refractivity contribution is 9.10. The summed E-state index contributed by atoms with van der Waals surface area (Å²) in [5, 5.41) is 2.14. The second-order valence-corrected chi connectivity index (χ2v) is 5.19. The summed E-state index contributed by atoms with van der Waals surface area (Å²) >= 11 is 7.48. The van der Waals surface area contributed by atoms with Crippen molar-refractivity contribution in [3.8, 4) is 0 Å². The Morgan fingerprint density at radius 1 is 1.28 bits per heavy atom. The van der Waals surface area contributed by atoms with Gasteiger partial charge in [-0.05, 0) is 18.2 Å². The first-order valence-electron chi connectivity index (χ1n) is 5.08. The van der Waals surface area contributed by atoms with Gasteiger partial charge < -0.3 is 4.90 Å². The molecule has 3 amide bonds. The number of piperazine rings is 1. The maximum absolute atomic E-state index is 12.2. The Balaban J connectivity index is 2.25. The van der Waals surface area contributed by atoms with Gasteiger partial charge in [0, 0.05) is 9.37 Å². The van der Waals surface area contributed by atoms with Crippen LogP contribution in [0.1, 0.15) is 10.4 Å². The number of carbonyl (C=O) groups excluding carboxylic acids is 3. The van der Waals surface area contributed by atoms with Crippen molar-refractivity contribution in [3.63, 3.8) is 0 Å². The van der Waals surface area contributed by atoms with Crippen LogP contribution in [0.3, 0.4) is 0 Å². The number of carbonyl (C=O) groups is 3. The van der Waals surface area contributed by atoms with E-state index in [2.05, 4.69) is 33.9 Å². The van der Waals surface area contributed by atoms with Crippen LogP contribution in [0.5, 0.6) is 0 Å². The molecule has 0 saturated carbocycles. The van der Waals surface area contributed by atoms with Crippen molar-refractivity contribution in [1.29, 1.82) is 0 Å². The molecule has 1 fully saturated rings. The highest BCUT2D eigenvalue weighted by Crippen LogP contribution is 2.21. The van der Waals surface area contributed by atoms with Gasteiger partial charge >= 0.3 is 0 Å². The fourth-order valence-electron chi connectivity index (χ4n) is 1.64. The van der Waals surface area contributed by atoms with Gasteiger partial charge in [-0.15, -0.1) is 12.6 Å². The number of halogens is 1. The molecule has 18 heavy (non-hydrogen) atoms. The van der Waals surface area contributed by atoms with E-state index in [0.717, 1.165) is 4.47 Å². The Morgan fingerprint density at radius 2 is 1.89 bits per heavy atom. The third kappa shape index (κ3) is 2.73. The molecule has 1 N–H and O–H groups in total. The minimum Gasteiger partial charge on any atom is -0.320 e. The lowest BCUT2D eigenvalue weighted by Crippen LogP contribution is -2.53. The lowest BCUT2D eigenvalue weighted by atomic mass is 10.2. The van der Waals surface area contributed by atoms with Gasteiger partial charge in [-0.2, -0.15) is 0 Å². The van der Waals surface area contributed by atoms with Crippen molar-refractivity contribution in [1.82, 2.24) is 10.2 Å². The largest absolute Gasteiger partial charge is 0.320 e. The van der Waals surface area contributed by atoms with Crippen molar-refractivity contribution < 1.29 is 14.4 Å². The maximum Gasteiger partial charge on any atom is 0.255 e. The van der Waals surface area contributed by atoms with Crippen molar-refractivity contribution in [2.45, 2.75) is 4.90 Å². The molecule has 1 aliphatic heterocycles. The predicted molar refractivity (Wildman–Crippen MR) is 70.4 cm³/mol. The summed E-state index contributed by atoms with van der Waals surface area (Å²) in [4.78, 5) is 36.3. The molecule has 94 valence electrons. The average Bonchev–Trinajstić information content (AvgIpc) is 2.26. The van der Waals surface area contributed by atoms with Gasteiger partial charge in [0.05, 0.1) is 5.56 Å². The molecule has 0 atom stereocenters. The van der Waals surface area contributed by atoms with Crippen molar-refractivity contribution >= 4 is 46.3 Å². The van der Waals surface area contributed by atoms with Crippen LogP contribution in [0.25, 0.3) is 0 Å². The normalized spacial score (nSPS) is 15.6. The lowest BCUT2D eigenvalue weighted by molar-refractivity contribution is -0.135. The predicted octanol–water partition coefficient (Wildman–Crippen LogP) is 0.836. The number of hydrogen-bond acceptors (Lipinski definition) is 4. The van der Waals surface area contributed by atoms with Crippen LogP contribution in [0.2, 0.25) is 0 Å². The number of hydrogen-bond donors (Lipinski definition) is 2. The first-order chi connectivity index (χ1) is 8.47. The van der Waals surface area contributed by atoms with Crippen LogP contribution < -0.4 is 5.32 Å². The molecule has 1 aliphatic rings. The molecular weight excluding hydrogens is 320 g/mol. The SMILES string of the molecule is O=C1CN(C(=O)c2ccc(Br)cc2S)CC(=O)N1. The van der Waals surface area contributed by atoms with Crippen LogP contribution in [-0.2, 0) is 9.59 Å². The third-order valence-corrected chi connectivity index (χ3v) is 3.29. The Hall–Kier alpha value is -1.34. The summed E-state index contributed by atoms with van der Waals surface area (Å²) in [5.41, 5.74) is 0.365. The van der Waals surface area contributed by atoms with Crippen molar-refractivity contribution in [3.05, 3.63) is 28.2 Å². The average molecular weight is 329 g/mol. The number of nitrogens with zero attached hydrogens (tertiary/aromatic N) is 1. The number of amides is 3. The summed E-state index contributed by atoms with van der Waals surface area (Å²) in [6.07, 6.45) is 0. The smallest absolute Gasteiger partial charge is 0.255 e. The minimum atomic E-state index is -0.475. The molecule has 2 rings (SSSR count). The second-order valence-electron chi connectivity index (χ2n) is 3.79. The van der Waals surface area contributed by atoms with Gasteiger partial charge in [-0.25, -0.2) is 0 Å². The molecule has 1 aromatic carbocycles. The van der Waals surface area contributed by atoms with E-state index in [1.54, 1.807) is 18.2 Å². The molecule has 0 spiro atoms. The van der Waals surface area contributed by atoms with E-state index in [9.17, 15) is 14.4 Å². The summed E-state index contributed by atoms with van der Waals surface area (Å²) < 4.78 is 0.802. The number of thiol groups is 1. The Kier molecular flexibility index (Phi) is 3.72. The lowest BCUT2D eigenvalue weighted by Gasteiger charge is -2.25. The van der Waals surface area contributed by atoms with Crippen LogP contribution in [0, 0.1) is 0 Å². The molecule has 7 heteroatoms. The van der Waals surface area contributed by atoms with E-state index in [4.69, 9.17) is 0 Å². The van der Waals surface area contributed by atoms with Gasteiger partial charge in [0.15, 0.2) is 0 Å². The Bertz CT molecular complexity index is 531. The molecular formula is C11H9BrN2O3S. The van der Waals surface area contributed by atoms with Gasteiger partial charge in [-0.3, -0.25) is 19.7 Å². The molecule has 5 nitrogen and oxygen atoms in total. The zero-order chi connectivity index (χ0) is 13.3. The van der Waals surface area contributed by atoms with Gasteiger partial charge in [-0.1, -0.05) is 15.9 Å². The number of rotatable bonds is 1. The van der Waals surface area contributed by atoms with Gasteiger partial charge in [0.25, 0.3) is 5.91 Å². The zero-order valence-corrected chi connectivity index (χ0v) is 11.6. The van der Waals surface area contributed by atoms with Crippen LogP contribution in [0.4, 0.5) is 0 Å². The molecule has 0 bridgehead atoms. The maximum atomic E-state index is 12.2. The van der Waals surface area contributed by atoms with Gasteiger partial charge in [0.1, 0.15) is 13.1 Å². The standard InChI is InChI=1S/C11H9BrN2O3S/c12-6-1-2-7(8(18)3-6)11(17)14-4-9(15)13-10(16)5-14/h1-3,18H,4-5H2,(H,13,15,16). The van der Waals surface area contributed by atoms with E-state index in [1.165, 1.54) is 4.90 Å². The third-order valence-electron chi connectivity index (χ3n) is 2.43. The second kappa shape index (κ2) is 5.11. The van der Waals surface area contributed by atoms with E-state index >= 15 is 0 Å². The molecule has 0 aromatic heterocycles. The Labute approximate surface area is 117 Å². The monoisotopic (exact) mass is 328 g/mol. The van der Waals surface area contributed by atoms with E-state index in [1.807, 2.05) is 0 Å². The minimum absolute atomic E-state index is 0.117. The number of benzene rings is 1. The van der Waals surface area contributed by atoms with Crippen molar-refractivity contribution in [2.75, 3.05) is 13.1 Å². The fourth-order valence-corrected chi connectivity index (χ4v) is 2.48. The summed E-state index contributed by atoms with van der Waals surface area (Å²) in [5.74, 6) is -1.33. The van der Waals surface area contributed by atoms with Crippen LogP contribution in [-0.4, -0.2) is 35.7 Å².